The van der Waals surface area contributed by atoms with E-state index in [0.29, 0.717) is 21.7 Å². The Morgan fingerprint density at radius 2 is 2.25 bits per heavy atom. The highest BCUT2D eigenvalue weighted by atomic mass is 79.9. The molecule has 2 aromatic rings. The van der Waals surface area contributed by atoms with Crippen molar-refractivity contribution in [2.24, 2.45) is 0 Å². The van der Waals surface area contributed by atoms with E-state index in [9.17, 15) is 8.78 Å². The third-order valence-corrected chi connectivity index (χ3v) is 3.97. The molecular formula is C12H10BrClF2N2OS. The van der Waals surface area contributed by atoms with Crippen LogP contribution in [0.4, 0.5) is 14.5 Å². The average molecular weight is 384 g/mol. The number of anilines is 1. The zero-order valence-corrected chi connectivity index (χ0v) is 13.5. The summed E-state index contributed by atoms with van der Waals surface area (Å²) in [6, 6.07) is 3.03. The van der Waals surface area contributed by atoms with Crippen molar-refractivity contribution in [3.63, 3.8) is 0 Å². The van der Waals surface area contributed by atoms with Crippen LogP contribution in [0.25, 0.3) is 0 Å². The first kappa shape index (κ1) is 15.5. The third kappa shape index (κ3) is 4.04. The van der Waals surface area contributed by atoms with Gasteiger partial charge >= 0.3 is 6.61 Å². The second-order valence-corrected chi connectivity index (χ2v) is 6.21. The van der Waals surface area contributed by atoms with Crippen LogP contribution >= 0.6 is 38.9 Å². The van der Waals surface area contributed by atoms with Crippen LogP contribution in [-0.2, 0) is 6.54 Å². The number of nitrogens with one attached hydrogen (secondary N) is 1. The van der Waals surface area contributed by atoms with E-state index < -0.39 is 6.61 Å². The molecule has 108 valence electrons. The van der Waals surface area contributed by atoms with Gasteiger partial charge in [0.25, 0.3) is 0 Å². The van der Waals surface area contributed by atoms with Crippen LogP contribution in [-0.4, -0.2) is 11.6 Å². The average Bonchev–Trinajstić information content (AvgIpc) is 2.76. The molecule has 1 aromatic carbocycles. The van der Waals surface area contributed by atoms with Crippen molar-refractivity contribution in [3.8, 4) is 5.75 Å². The molecule has 20 heavy (non-hydrogen) atoms. The van der Waals surface area contributed by atoms with E-state index in [2.05, 4.69) is 31.0 Å². The Labute approximate surface area is 132 Å². The van der Waals surface area contributed by atoms with Gasteiger partial charge in [-0.05, 0) is 35.0 Å². The Morgan fingerprint density at radius 1 is 1.50 bits per heavy atom. The van der Waals surface area contributed by atoms with Gasteiger partial charge in [0.2, 0.25) is 0 Å². The summed E-state index contributed by atoms with van der Waals surface area (Å²) in [6.07, 6.45) is 0. The first-order valence-electron chi connectivity index (χ1n) is 5.54. The predicted molar refractivity (Wildman–Crippen MR) is 80.0 cm³/mol. The molecule has 3 nitrogen and oxygen atoms in total. The second-order valence-electron chi connectivity index (χ2n) is 3.85. The predicted octanol–water partition coefficient (Wildman–Crippen LogP) is 5.08. The van der Waals surface area contributed by atoms with Gasteiger partial charge in [-0.2, -0.15) is 8.78 Å². The van der Waals surface area contributed by atoms with Gasteiger partial charge in [-0.25, -0.2) is 4.98 Å². The Bertz CT molecular complexity index is 609. The normalized spacial score (nSPS) is 10.9. The van der Waals surface area contributed by atoms with E-state index in [1.807, 2.05) is 12.3 Å². The lowest BCUT2D eigenvalue weighted by Gasteiger charge is -2.14. The lowest BCUT2D eigenvalue weighted by Crippen LogP contribution is -2.07. The highest BCUT2D eigenvalue weighted by molar-refractivity contribution is 9.10. The number of aromatic nitrogens is 1. The molecule has 2 rings (SSSR count). The maximum absolute atomic E-state index is 12.4. The molecule has 0 fully saturated rings. The number of rotatable bonds is 5. The first-order valence-corrected chi connectivity index (χ1v) is 7.59. The van der Waals surface area contributed by atoms with E-state index in [-0.39, 0.29) is 5.75 Å². The minimum Gasteiger partial charge on any atom is -0.431 e. The summed E-state index contributed by atoms with van der Waals surface area (Å²) >= 11 is 10.6. The van der Waals surface area contributed by atoms with Crippen LogP contribution in [0.15, 0.2) is 22.0 Å². The summed E-state index contributed by atoms with van der Waals surface area (Å²) in [4.78, 5) is 4.28. The smallest absolute Gasteiger partial charge is 0.387 e. The molecule has 0 radical (unpaired) electrons. The molecule has 0 saturated heterocycles. The fourth-order valence-corrected chi connectivity index (χ4v) is 3.09. The van der Waals surface area contributed by atoms with Crippen molar-refractivity contribution >= 4 is 44.6 Å². The van der Waals surface area contributed by atoms with E-state index >= 15 is 0 Å². The number of alkyl halides is 2. The molecule has 0 unspecified atom stereocenters. The van der Waals surface area contributed by atoms with Crippen molar-refractivity contribution < 1.29 is 13.5 Å². The Morgan fingerprint density at radius 3 is 2.85 bits per heavy atom. The number of nitrogens with zero attached hydrogens (tertiary/aromatic N) is 1. The van der Waals surface area contributed by atoms with Crippen molar-refractivity contribution in [2.45, 2.75) is 20.1 Å². The molecule has 1 N–H and O–H groups in total. The molecule has 0 saturated carbocycles. The molecule has 0 spiro atoms. The van der Waals surface area contributed by atoms with Gasteiger partial charge in [0.15, 0.2) is 5.75 Å². The lowest BCUT2D eigenvalue weighted by molar-refractivity contribution is -0.0498. The van der Waals surface area contributed by atoms with Crippen LogP contribution in [0.1, 0.15) is 10.7 Å². The maximum atomic E-state index is 12.4. The van der Waals surface area contributed by atoms with Gasteiger partial charge in [-0.15, -0.1) is 11.3 Å². The third-order valence-electron chi connectivity index (χ3n) is 2.34. The fourth-order valence-electron chi connectivity index (χ4n) is 1.58. The topological polar surface area (TPSA) is 34.2 Å². The number of ether oxygens (including phenoxy) is 1. The monoisotopic (exact) mass is 382 g/mol. The second kappa shape index (κ2) is 6.69. The van der Waals surface area contributed by atoms with Crippen molar-refractivity contribution in [1.29, 1.82) is 0 Å². The molecule has 1 heterocycles. The molecule has 0 bridgehead atoms. The standard InChI is InChI=1S/C12H10BrClF2N2OS/c1-6-18-8(5-20-6)4-17-10-3-7(14)2-9(13)11(10)19-12(15)16/h2-3,5,12,17H,4H2,1H3. The minimum absolute atomic E-state index is 0.0244. The van der Waals surface area contributed by atoms with Crippen LogP contribution in [0, 0.1) is 6.92 Å². The van der Waals surface area contributed by atoms with Crippen LogP contribution < -0.4 is 10.1 Å². The van der Waals surface area contributed by atoms with E-state index in [0.717, 1.165) is 10.7 Å². The quantitative estimate of drug-likeness (QED) is 0.782. The number of thiazole rings is 1. The van der Waals surface area contributed by atoms with E-state index in [1.54, 1.807) is 0 Å². The molecule has 8 heteroatoms. The molecule has 0 amide bonds. The number of halogens is 4. The number of aryl methyl sites for hydroxylation is 1. The Hall–Kier alpha value is -0.920. The van der Waals surface area contributed by atoms with Gasteiger partial charge in [0, 0.05) is 10.4 Å². The SMILES string of the molecule is Cc1nc(CNc2cc(Cl)cc(Br)c2OC(F)F)cs1. The Balaban J connectivity index is 2.20. The van der Waals surface area contributed by atoms with Gasteiger partial charge in [0.1, 0.15) is 0 Å². The molecule has 1 aromatic heterocycles. The van der Waals surface area contributed by atoms with Crippen molar-refractivity contribution in [3.05, 3.63) is 37.7 Å². The fraction of sp³-hybridized carbons (Fsp3) is 0.250. The van der Waals surface area contributed by atoms with Gasteiger partial charge in [-0.3, -0.25) is 0 Å². The van der Waals surface area contributed by atoms with Crippen LogP contribution in [0.5, 0.6) is 5.75 Å². The maximum Gasteiger partial charge on any atom is 0.387 e. The summed E-state index contributed by atoms with van der Waals surface area (Å²) in [5.41, 5.74) is 1.21. The minimum atomic E-state index is -2.91. The van der Waals surface area contributed by atoms with Gasteiger partial charge in [0.05, 0.1) is 27.4 Å². The molecule has 0 aliphatic heterocycles. The molecular weight excluding hydrogens is 374 g/mol. The zero-order chi connectivity index (χ0) is 14.7. The zero-order valence-electron chi connectivity index (χ0n) is 10.3. The van der Waals surface area contributed by atoms with Gasteiger partial charge in [-0.1, -0.05) is 11.6 Å². The lowest BCUT2D eigenvalue weighted by atomic mass is 10.3. The first-order chi connectivity index (χ1) is 9.45. The van der Waals surface area contributed by atoms with Crippen LogP contribution in [0.3, 0.4) is 0 Å². The summed E-state index contributed by atoms with van der Waals surface area (Å²) in [5.74, 6) is 0.0244. The number of hydrogen-bond acceptors (Lipinski definition) is 4. The largest absolute Gasteiger partial charge is 0.431 e. The van der Waals surface area contributed by atoms with E-state index in [1.165, 1.54) is 23.5 Å². The van der Waals surface area contributed by atoms with Crippen LogP contribution in [0.2, 0.25) is 5.02 Å². The summed E-state index contributed by atoms with van der Waals surface area (Å²) < 4.78 is 29.7. The van der Waals surface area contributed by atoms with Gasteiger partial charge < -0.3 is 10.1 Å². The molecule has 0 aliphatic rings. The molecule has 0 aliphatic carbocycles. The summed E-state index contributed by atoms with van der Waals surface area (Å²) in [5, 5.41) is 6.25. The van der Waals surface area contributed by atoms with Crippen molar-refractivity contribution in [1.82, 2.24) is 4.98 Å². The number of hydrogen-bond donors (Lipinski definition) is 1. The highest BCUT2D eigenvalue weighted by Crippen LogP contribution is 2.37. The summed E-state index contributed by atoms with van der Waals surface area (Å²) in [7, 11) is 0. The van der Waals surface area contributed by atoms with Crippen molar-refractivity contribution in [2.75, 3.05) is 5.32 Å². The van der Waals surface area contributed by atoms with E-state index in [4.69, 9.17) is 11.6 Å². The number of benzene rings is 1. The molecule has 0 atom stereocenters. The summed E-state index contributed by atoms with van der Waals surface area (Å²) in [6.45, 7) is -0.610. The highest BCUT2D eigenvalue weighted by Gasteiger charge is 2.15. The Kier molecular flexibility index (Phi) is 5.17.